The number of hydrogen-bond donors (Lipinski definition) is 1. The molecule has 0 spiro atoms. The molecule has 240 valence electrons. The maximum atomic E-state index is 14.5. The summed E-state index contributed by atoms with van der Waals surface area (Å²) in [6, 6.07) is 22.5. The average molecular weight is 685 g/mol. The molecule has 6 rings (SSSR count). The molecule has 0 aliphatic carbocycles. The number of nitrogens with zero attached hydrogens (tertiary/aromatic N) is 3. The number of oxime groups is 2. The number of nitrogens with one attached hydrogen (secondary N) is 1. The lowest BCUT2D eigenvalue weighted by atomic mass is 9.85. The molecule has 0 saturated heterocycles. The van der Waals surface area contributed by atoms with E-state index >= 15 is 0 Å². The number of carbonyl (C=O) groups excluding carboxylic acids is 1. The Bertz CT molecular complexity index is 1990. The fraction of sp³-hybridized carbons (Fsp3) is 0.152. The smallest absolute Gasteiger partial charge is 0.388 e. The number of fused-ring (bicyclic) bond motifs is 1. The van der Waals surface area contributed by atoms with Gasteiger partial charge in [0.25, 0.3) is 11.5 Å². The van der Waals surface area contributed by atoms with Gasteiger partial charge in [-0.1, -0.05) is 99.3 Å². The lowest BCUT2D eigenvalue weighted by molar-refractivity contribution is -0.275. The molecule has 14 heteroatoms. The molecule has 47 heavy (non-hydrogen) atoms. The van der Waals surface area contributed by atoms with Gasteiger partial charge in [0.2, 0.25) is 0 Å². The van der Waals surface area contributed by atoms with Gasteiger partial charge in [-0.25, -0.2) is 4.39 Å². The monoisotopic (exact) mass is 684 g/mol. The number of amides is 1. The Morgan fingerprint density at radius 2 is 1.70 bits per heavy atom. The molecule has 8 nitrogen and oxygen atoms in total. The summed E-state index contributed by atoms with van der Waals surface area (Å²) >= 11 is 11.6. The number of halogens is 6. The van der Waals surface area contributed by atoms with Crippen LogP contribution >= 0.6 is 23.2 Å². The molecule has 1 N–H and O–H groups in total. The molecular weight excluding hydrogens is 663 g/mol. The van der Waals surface area contributed by atoms with E-state index in [-0.39, 0.29) is 24.4 Å². The van der Waals surface area contributed by atoms with E-state index in [1.807, 2.05) is 30.3 Å². The zero-order valence-electron chi connectivity index (χ0n) is 24.0. The molecule has 0 saturated carbocycles. The first kappa shape index (κ1) is 32.0. The van der Waals surface area contributed by atoms with Crippen LogP contribution in [-0.2, 0) is 21.9 Å². The lowest BCUT2D eigenvalue weighted by Crippen LogP contribution is -2.42. The van der Waals surface area contributed by atoms with Gasteiger partial charge in [0, 0.05) is 34.7 Å². The number of aromatic nitrogens is 1. The van der Waals surface area contributed by atoms with Crippen molar-refractivity contribution in [3.05, 3.63) is 123 Å². The molecule has 4 aromatic carbocycles. The summed E-state index contributed by atoms with van der Waals surface area (Å²) in [4.78, 5) is 23.4. The minimum atomic E-state index is -4.97. The van der Waals surface area contributed by atoms with E-state index in [0.717, 1.165) is 17.7 Å². The van der Waals surface area contributed by atoms with E-state index in [1.165, 1.54) is 18.3 Å². The number of benzene rings is 4. The lowest BCUT2D eigenvalue weighted by Gasteiger charge is -2.29. The van der Waals surface area contributed by atoms with Crippen molar-refractivity contribution in [1.82, 2.24) is 10.5 Å². The van der Waals surface area contributed by atoms with Gasteiger partial charge < -0.3 is 19.5 Å². The van der Waals surface area contributed by atoms with Gasteiger partial charge in [-0.05, 0) is 29.0 Å². The second-order valence-electron chi connectivity index (χ2n) is 10.4. The Balaban J connectivity index is 1.14. The van der Waals surface area contributed by atoms with Crippen molar-refractivity contribution in [2.24, 2.45) is 10.3 Å². The van der Waals surface area contributed by atoms with Crippen LogP contribution in [0.2, 0.25) is 10.0 Å². The Hall–Kier alpha value is -4.94. The highest BCUT2D eigenvalue weighted by Crippen LogP contribution is 2.50. The molecule has 1 atom stereocenters. The first-order valence-corrected chi connectivity index (χ1v) is 14.7. The third-order valence-corrected chi connectivity index (χ3v) is 8.00. The summed E-state index contributed by atoms with van der Waals surface area (Å²) in [7, 11) is 0. The van der Waals surface area contributed by atoms with Crippen LogP contribution in [-0.4, -0.2) is 35.7 Å². The van der Waals surface area contributed by atoms with Crippen molar-refractivity contribution in [2.45, 2.75) is 24.8 Å². The van der Waals surface area contributed by atoms with E-state index in [9.17, 15) is 22.4 Å². The quantitative estimate of drug-likeness (QED) is 0.0727. The Kier molecular flexibility index (Phi) is 8.89. The Morgan fingerprint density at radius 3 is 2.43 bits per heavy atom. The largest absolute Gasteiger partial charge is 0.435 e. The van der Waals surface area contributed by atoms with Crippen LogP contribution < -0.4 is 5.32 Å². The van der Waals surface area contributed by atoms with Gasteiger partial charge >= 0.3 is 6.18 Å². The van der Waals surface area contributed by atoms with Crippen molar-refractivity contribution in [2.75, 3.05) is 6.54 Å². The van der Waals surface area contributed by atoms with E-state index in [2.05, 4.69) is 20.8 Å². The van der Waals surface area contributed by atoms with E-state index in [1.54, 1.807) is 30.3 Å². The minimum absolute atomic E-state index is 0.0258. The predicted octanol–water partition coefficient (Wildman–Crippen LogP) is 8.46. The van der Waals surface area contributed by atoms with Crippen LogP contribution in [0.1, 0.15) is 33.7 Å². The van der Waals surface area contributed by atoms with Gasteiger partial charge in [0.05, 0.1) is 28.5 Å². The highest BCUT2D eigenvalue weighted by molar-refractivity contribution is 6.35. The second kappa shape index (κ2) is 13.0. The molecule has 1 amide bonds. The fourth-order valence-corrected chi connectivity index (χ4v) is 5.62. The van der Waals surface area contributed by atoms with Crippen molar-refractivity contribution in [1.29, 1.82) is 0 Å². The Labute approximate surface area is 274 Å². The van der Waals surface area contributed by atoms with E-state index in [4.69, 9.17) is 37.4 Å². The minimum Gasteiger partial charge on any atom is -0.388 e. The fourth-order valence-electron chi connectivity index (χ4n) is 5.14. The van der Waals surface area contributed by atoms with Gasteiger partial charge in [-0.2, -0.15) is 13.2 Å². The van der Waals surface area contributed by atoms with Gasteiger partial charge in [0.15, 0.2) is 18.2 Å². The molecule has 0 fully saturated rings. The Morgan fingerprint density at radius 1 is 1.00 bits per heavy atom. The zero-order valence-corrected chi connectivity index (χ0v) is 25.5. The summed E-state index contributed by atoms with van der Waals surface area (Å²) in [5.74, 6) is -1.03. The molecule has 0 bridgehead atoms. The number of alkyl halides is 3. The number of carbonyl (C=O) groups is 1. The summed E-state index contributed by atoms with van der Waals surface area (Å²) in [6.07, 6.45) is -4.36. The van der Waals surface area contributed by atoms with Gasteiger partial charge in [0.1, 0.15) is 5.69 Å². The molecule has 1 aliphatic rings. The summed E-state index contributed by atoms with van der Waals surface area (Å²) in [6.45, 7) is 0.0544. The van der Waals surface area contributed by atoms with E-state index in [0.29, 0.717) is 27.8 Å². The summed E-state index contributed by atoms with van der Waals surface area (Å²) in [5, 5.41) is 14.1. The molecule has 5 aromatic rings. The highest BCUT2D eigenvalue weighted by Gasteiger charge is 2.62. The topological polar surface area (TPSA) is 98.3 Å². The predicted molar refractivity (Wildman–Crippen MR) is 168 cm³/mol. The van der Waals surface area contributed by atoms with Gasteiger partial charge in [-0.3, -0.25) is 4.79 Å². The van der Waals surface area contributed by atoms with Crippen LogP contribution in [0.4, 0.5) is 17.6 Å². The molecule has 0 radical (unpaired) electrons. The normalized spacial score (nSPS) is 16.3. The molecule has 1 aromatic heterocycles. The number of hydrogen-bond acceptors (Lipinski definition) is 7. The van der Waals surface area contributed by atoms with Crippen molar-refractivity contribution < 1.29 is 36.6 Å². The van der Waals surface area contributed by atoms with Gasteiger partial charge in [-0.15, -0.1) is 0 Å². The first-order valence-electron chi connectivity index (χ1n) is 14.0. The summed E-state index contributed by atoms with van der Waals surface area (Å²) in [5.41, 5.74) is -1.34. The standard InChI is InChI=1S/C33H22Cl2F4N4O4/c34-26-14-20(15-27(35)30(26)36)32(33(37,38)39)17-29(43-47-32)24-10-11-25(23-9-5-4-8-22(23)24)31(44)40-12-13-41-45-18-21-16-28(42-46-21)19-6-2-1-3-7-19/h1-11,13-16H,12,17-18H2,(H,40,44). The first-order chi connectivity index (χ1) is 22.6. The van der Waals surface area contributed by atoms with Crippen LogP contribution in [0.3, 0.4) is 0 Å². The molecular formula is C33H22Cl2F4N4O4. The molecule has 2 heterocycles. The third kappa shape index (κ3) is 6.38. The van der Waals surface area contributed by atoms with Crippen LogP contribution in [0.25, 0.3) is 22.0 Å². The van der Waals surface area contributed by atoms with E-state index < -0.39 is 45.5 Å². The van der Waals surface area contributed by atoms with Crippen molar-refractivity contribution in [3.8, 4) is 11.3 Å². The maximum absolute atomic E-state index is 14.5. The summed E-state index contributed by atoms with van der Waals surface area (Å²) < 4.78 is 62.9. The third-order valence-electron chi connectivity index (χ3n) is 7.45. The van der Waals surface area contributed by atoms with Crippen molar-refractivity contribution in [3.63, 3.8) is 0 Å². The highest BCUT2D eigenvalue weighted by atomic mass is 35.5. The zero-order chi connectivity index (χ0) is 33.2. The van der Waals surface area contributed by atoms with Crippen LogP contribution in [0, 0.1) is 5.82 Å². The second-order valence-corrected chi connectivity index (χ2v) is 11.2. The maximum Gasteiger partial charge on any atom is 0.435 e. The van der Waals surface area contributed by atoms with Crippen LogP contribution in [0.5, 0.6) is 0 Å². The van der Waals surface area contributed by atoms with Crippen LogP contribution in [0.15, 0.2) is 99.8 Å². The molecule has 1 unspecified atom stereocenters. The number of rotatable bonds is 9. The molecule has 1 aliphatic heterocycles. The SMILES string of the molecule is O=C(NCC=NOCc1cc(-c2ccccc2)no1)c1ccc(C2=NOC(c3cc(Cl)c(F)c(Cl)c3)(C(F)(F)F)C2)c2ccccc12. The average Bonchev–Trinajstić information content (AvgIpc) is 3.74. The van der Waals surface area contributed by atoms with Crippen molar-refractivity contribution >= 4 is 51.8 Å².